The van der Waals surface area contributed by atoms with Gasteiger partial charge in [0, 0.05) is 19.5 Å². The predicted octanol–water partition coefficient (Wildman–Crippen LogP) is 3.44. The smallest absolute Gasteiger partial charge is 0.220 e. The lowest BCUT2D eigenvalue weighted by Gasteiger charge is -2.28. The zero-order valence-electron chi connectivity index (χ0n) is 14.0. The van der Waals surface area contributed by atoms with Gasteiger partial charge in [0.2, 0.25) is 5.91 Å². The van der Waals surface area contributed by atoms with Crippen LogP contribution in [0.15, 0.2) is 0 Å². The third kappa shape index (κ3) is 7.88. The first-order valence-electron chi connectivity index (χ1n) is 8.30. The predicted molar refractivity (Wildman–Crippen MR) is 85.8 cm³/mol. The van der Waals surface area contributed by atoms with Crippen LogP contribution in [0.25, 0.3) is 0 Å². The molecular weight excluding hydrogens is 248 g/mol. The Morgan fingerprint density at radius 3 is 2.45 bits per heavy atom. The van der Waals surface area contributed by atoms with E-state index in [0.717, 1.165) is 25.4 Å². The highest BCUT2D eigenvalue weighted by molar-refractivity contribution is 5.75. The number of carbonyl (C=O) groups excluding carboxylic acids is 1. The van der Waals surface area contributed by atoms with Crippen molar-refractivity contribution in [3.05, 3.63) is 0 Å². The van der Waals surface area contributed by atoms with Gasteiger partial charge in [-0.2, -0.15) is 0 Å². The van der Waals surface area contributed by atoms with E-state index in [1.807, 2.05) is 0 Å². The summed E-state index contributed by atoms with van der Waals surface area (Å²) in [6, 6.07) is 0. The van der Waals surface area contributed by atoms with Crippen LogP contribution in [0.4, 0.5) is 0 Å². The molecule has 0 aromatic rings. The molecule has 1 aliphatic carbocycles. The lowest BCUT2D eigenvalue weighted by molar-refractivity contribution is -0.121. The molecule has 0 aromatic carbocycles. The van der Waals surface area contributed by atoms with Crippen molar-refractivity contribution in [1.82, 2.24) is 10.2 Å². The summed E-state index contributed by atoms with van der Waals surface area (Å²) in [4.78, 5) is 14.1. The van der Waals surface area contributed by atoms with E-state index in [1.165, 1.54) is 38.5 Å². The van der Waals surface area contributed by atoms with Gasteiger partial charge in [-0.25, -0.2) is 0 Å². The van der Waals surface area contributed by atoms with Crippen molar-refractivity contribution < 1.29 is 4.79 Å². The van der Waals surface area contributed by atoms with Crippen LogP contribution in [0.5, 0.6) is 0 Å². The Balaban J connectivity index is 2.10. The summed E-state index contributed by atoms with van der Waals surface area (Å²) in [6.07, 6.45) is 9.99. The minimum absolute atomic E-state index is 0.141. The molecule has 3 heteroatoms. The van der Waals surface area contributed by atoms with Crippen LogP contribution in [0.2, 0.25) is 0 Å². The summed E-state index contributed by atoms with van der Waals surface area (Å²) < 4.78 is 0. The van der Waals surface area contributed by atoms with Gasteiger partial charge in [-0.05, 0) is 38.3 Å². The van der Waals surface area contributed by atoms with E-state index in [1.54, 1.807) is 0 Å². The maximum atomic E-state index is 11.9. The molecule has 0 bridgehead atoms. The molecule has 0 radical (unpaired) electrons. The van der Waals surface area contributed by atoms with Crippen molar-refractivity contribution >= 4 is 5.91 Å². The van der Waals surface area contributed by atoms with Gasteiger partial charge in [0.25, 0.3) is 0 Å². The molecule has 0 aromatic heterocycles. The van der Waals surface area contributed by atoms with Crippen LogP contribution >= 0.6 is 0 Å². The molecule has 118 valence electrons. The van der Waals surface area contributed by atoms with Crippen LogP contribution in [0.3, 0.4) is 0 Å². The molecule has 0 atom stereocenters. The highest BCUT2D eigenvalue weighted by Crippen LogP contribution is 2.27. The Labute approximate surface area is 125 Å². The molecule has 20 heavy (non-hydrogen) atoms. The minimum Gasteiger partial charge on any atom is -0.356 e. The molecule has 1 saturated carbocycles. The van der Waals surface area contributed by atoms with Crippen LogP contribution in [-0.4, -0.2) is 38.0 Å². The minimum atomic E-state index is 0.141. The van der Waals surface area contributed by atoms with E-state index in [-0.39, 0.29) is 11.3 Å². The number of hydrogen-bond acceptors (Lipinski definition) is 2. The lowest BCUT2D eigenvalue weighted by Crippen LogP contribution is -2.39. The van der Waals surface area contributed by atoms with Gasteiger partial charge in [0.15, 0.2) is 0 Å². The number of rotatable bonds is 8. The highest BCUT2D eigenvalue weighted by Gasteiger charge is 2.20. The SMILES string of the molecule is CN(C)CC(C)(C)CNC(=O)CCCC1CCCCC1. The van der Waals surface area contributed by atoms with E-state index in [9.17, 15) is 4.79 Å². The molecule has 1 fully saturated rings. The Bertz CT molecular complexity index is 281. The van der Waals surface area contributed by atoms with Gasteiger partial charge in [-0.1, -0.05) is 46.0 Å². The second-order valence-electron chi connectivity index (χ2n) is 7.57. The van der Waals surface area contributed by atoms with E-state index in [4.69, 9.17) is 0 Å². The second-order valence-corrected chi connectivity index (χ2v) is 7.57. The zero-order chi connectivity index (χ0) is 15.0. The number of carbonyl (C=O) groups is 1. The summed E-state index contributed by atoms with van der Waals surface area (Å²) in [7, 11) is 4.15. The number of nitrogens with one attached hydrogen (secondary N) is 1. The molecule has 1 amide bonds. The van der Waals surface area contributed by atoms with Crippen molar-refractivity contribution in [2.45, 2.75) is 65.2 Å². The Kier molecular flexibility index (Phi) is 7.57. The van der Waals surface area contributed by atoms with Gasteiger partial charge >= 0.3 is 0 Å². The largest absolute Gasteiger partial charge is 0.356 e. The van der Waals surface area contributed by atoms with Crippen LogP contribution in [0, 0.1) is 11.3 Å². The molecule has 0 spiro atoms. The highest BCUT2D eigenvalue weighted by atomic mass is 16.1. The average Bonchev–Trinajstić information content (AvgIpc) is 2.36. The molecule has 0 aliphatic heterocycles. The molecule has 1 rings (SSSR count). The Morgan fingerprint density at radius 2 is 1.85 bits per heavy atom. The fourth-order valence-electron chi connectivity index (χ4n) is 3.37. The van der Waals surface area contributed by atoms with Crippen molar-refractivity contribution in [3.63, 3.8) is 0 Å². The standard InChI is InChI=1S/C17H34N2O/c1-17(2,14-19(3)4)13-18-16(20)12-8-11-15-9-6-5-7-10-15/h15H,5-14H2,1-4H3,(H,18,20). The monoisotopic (exact) mass is 282 g/mol. The molecule has 0 unspecified atom stereocenters. The van der Waals surface area contributed by atoms with Gasteiger partial charge in [-0.3, -0.25) is 4.79 Å². The summed E-state index contributed by atoms with van der Waals surface area (Å²) in [5.74, 6) is 1.12. The van der Waals surface area contributed by atoms with Gasteiger partial charge < -0.3 is 10.2 Å². The first-order chi connectivity index (χ1) is 9.39. The van der Waals surface area contributed by atoms with Gasteiger partial charge in [-0.15, -0.1) is 0 Å². The first kappa shape index (κ1) is 17.5. The molecular formula is C17H34N2O. The Morgan fingerprint density at radius 1 is 1.20 bits per heavy atom. The quantitative estimate of drug-likeness (QED) is 0.739. The van der Waals surface area contributed by atoms with Crippen molar-refractivity contribution in [2.24, 2.45) is 11.3 Å². The van der Waals surface area contributed by atoms with E-state index in [2.05, 4.69) is 38.2 Å². The van der Waals surface area contributed by atoms with Crippen molar-refractivity contribution in [3.8, 4) is 0 Å². The molecule has 1 aliphatic rings. The summed E-state index contributed by atoms with van der Waals surface area (Å²) in [5, 5.41) is 3.10. The number of amides is 1. The molecule has 1 N–H and O–H groups in total. The summed E-state index contributed by atoms with van der Waals surface area (Å²) in [6.45, 7) is 6.17. The van der Waals surface area contributed by atoms with E-state index in [0.29, 0.717) is 6.42 Å². The molecule has 0 heterocycles. The summed E-state index contributed by atoms with van der Waals surface area (Å²) >= 11 is 0. The molecule has 0 saturated heterocycles. The maximum absolute atomic E-state index is 11.9. The number of nitrogens with zero attached hydrogens (tertiary/aromatic N) is 1. The maximum Gasteiger partial charge on any atom is 0.220 e. The third-order valence-electron chi connectivity index (χ3n) is 4.25. The third-order valence-corrected chi connectivity index (χ3v) is 4.25. The first-order valence-corrected chi connectivity index (χ1v) is 8.30. The lowest BCUT2D eigenvalue weighted by atomic mass is 9.86. The van der Waals surface area contributed by atoms with E-state index >= 15 is 0 Å². The Hall–Kier alpha value is -0.570. The molecule has 3 nitrogen and oxygen atoms in total. The van der Waals surface area contributed by atoms with Crippen molar-refractivity contribution in [1.29, 1.82) is 0 Å². The van der Waals surface area contributed by atoms with Gasteiger partial charge in [0.1, 0.15) is 0 Å². The van der Waals surface area contributed by atoms with Gasteiger partial charge in [0.05, 0.1) is 0 Å². The van der Waals surface area contributed by atoms with Crippen molar-refractivity contribution in [2.75, 3.05) is 27.2 Å². The van der Waals surface area contributed by atoms with Crippen LogP contribution in [0.1, 0.15) is 65.2 Å². The zero-order valence-corrected chi connectivity index (χ0v) is 14.0. The van der Waals surface area contributed by atoms with E-state index < -0.39 is 0 Å². The van der Waals surface area contributed by atoms with Crippen LogP contribution < -0.4 is 5.32 Å². The topological polar surface area (TPSA) is 32.3 Å². The second kappa shape index (κ2) is 8.66. The number of hydrogen-bond donors (Lipinski definition) is 1. The fourth-order valence-corrected chi connectivity index (χ4v) is 3.37. The average molecular weight is 282 g/mol. The van der Waals surface area contributed by atoms with Crippen LogP contribution in [-0.2, 0) is 4.79 Å². The normalized spacial score (nSPS) is 17.4. The fraction of sp³-hybridized carbons (Fsp3) is 0.941. The summed E-state index contributed by atoms with van der Waals surface area (Å²) in [5.41, 5.74) is 0.141.